The van der Waals surface area contributed by atoms with Gasteiger partial charge in [0.05, 0.1) is 17.9 Å². The van der Waals surface area contributed by atoms with Crippen molar-refractivity contribution in [1.29, 1.82) is 0 Å². The molecule has 3 heterocycles. The smallest absolute Gasteiger partial charge is 0.0970 e. The summed E-state index contributed by atoms with van der Waals surface area (Å²) in [5.74, 6) is 0. The molecule has 0 spiro atoms. The summed E-state index contributed by atoms with van der Waals surface area (Å²) in [6.45, 7) is 0.793. The molecule has 1 aliphatic rings. The van der Waals surface area contributed by atoms with Crippen LogP contribution in [0.3, 0.4) is 0 Å². The number of fused-ring (bicyclic) bond motifs is 3. The first kappa shape index (κ1) is 12.8. The lowest BCUT2D eigenvalue weighted by atomic mass is 10.1. The number of aromatic amines is 1. The summed E-state index contributed by atoms with van der Waals surface area (Å²) < 4.78 is 1.95. The van der Waals surface area contributed by atoms with E-state index in [1.165, 1.54) is 33.5 Å². The maximum absolute atomic E-state index is 4.55. The van der Waals surface area contributed by atoms with Gasteiger partial charge in [-0.2, -0.15) is 21.5 Å². The minimum Gasteiger partial charge on any atom is -0.277 e. The van der Waals surface area contributed by atoms with Crippen molar-refractivity contribution in [3.8, 4) is 22.5 Å². The molecular weight excluding hydrogens is 304 g/mol. The molecule has 0 saturated heterocycles. The first-order valence-corrected chi connectivity index (χ1v) is 8.52. The van der Waals surface area contributed by atoms with Crippen LogP contribution in [-0.4, -0.2) is 20.0 Å². The van der Waals surface area contributed by atoms with Crippen LogP contribution in [0.5, 0.6) is 0 Å². The topological polar surface area (TPSA) is 46.5 Å². The SMILES string of the molecule is c1cnn(Cc2ccc3c(c2)-c2[nH]nc(-c4ccsc4)c2C3)c1. The Balaban J connectivity index is 1.55. The van der Waals surface area contributed by atoms with Gasteiger partial charge in [-0.25, -0.2) is 0 Å². The molecule has 4 aromatic rings. The summed E-state index contributed by atoms with van der Waals surface area (Å²) in [5, 5.41) is 16.3. The molecule has 0 amide bonds. The van der Waals surface area contributed by atoms with Gasteiger partial charge in [0.25, 0.3) is 0 Å². The van der Waals surface area contributed by atoms with Crippen molar-refractivity contribution in [2.75, 3.05) is 0 Å². The molecule has 0 fully saturated rings. The molecule has 0 saturated carbocycles. The van der Waals surface area contributed by atoms with Crippen LogP contribution < -0.4 is 0 Å². The Labute approximate surface area is 137 Å². The van der Waals surface area contributed by atoms with Crippen LogP contribution >= 0.6 is 11.3 Å². The third-order valence-corrected chi connectivity index (χ3v) is 5.06. The molecule has 5 rings (SSSR count). The lowest BCUT2D eigenvalue weighted by Crippen LogP contribution is -2.00. The van der Waals surface area contributed by atoms with Crippen molar-refractivity contribution >= 4 is 11.3 Å². The average molecular weight is 318 g/mol. The minimum atomic E-state index is 0.793. The number of hydrogen-bond acceptors (Lipinski definition) is 3. The predicted octanol–water partition coefficient (Wildman–Crippen LogP) is 3.95. The molecule has 23 heavy (non-hydrogen) atoms. The number of benzene rings is 1. The number of nitrogens with zero attached hydrogens (tertiary/aromatic N) is 3. The van der Waals surface area contributed by atoms with Gasteiger partial charge in [-0.1, -0.05) is 12.1 Å². The van der Waals surface area contributed by atoms with E-state index in [-0.39, 0.29) is 0 Å². The van der Waals surface area contributed by atoms with Crippen molar-refractivity contribution in [2.24, 2.45) is 0 Å². The fraction of sp³-hybridized carbons (Fsp3) is 0.111. The highest BCUT2D eigenvalue weighted by Gasteiger charge is 2.25. The number of nitrogens with one attached hydrogen (secondary N) is 1. The third kappa shape index (κ3) is 2.04. The van der Waals surface area contributed by atoms with Crippen LogP contribution in [0.25, 0.3) is 22.5 Å². The fourth-order valence-electron chi connectivity index (χ4n) is 3.28. The zero-order valence-corrected chi connectivity index (χ0v) is 13.2. The zero-order chi connectivity index (χ0) is 15.2. The summed E-state index contributed by atoms with van der Waals surface area (Å²) in [6.07, 6.45) is 4.76. The maximum atomic E-state index is 4.55. The van der Waals surface area contributed by atoms with Crippen LogP contribution in [0.2, 0.25) is 0 Å². The molecular formula is C18H14N4S. The molecule has 1 N–H and O–H groups in total. The Morgan fingerprint density at radius 3 is 3.09 bits per heavy atom. The van der Waals surface area contributed by atoms with Gasteiger partial charge in [-0.15, -0.1) is 0 Å². The minimum absolute atomic E-state index is 0.793. The normalized spacial score (nSPS) is 12.3. The summed E-state index contributed by atoms with van der Waals surface area (Å²) >= 11 is 1.71. The number of rotatable bonds is 3. The summed E-state index contributed by atoms with van der Waals surface area (Å²) in [4.78, 5) is 0. The Morgan fingerprint density at radius 1 is 1.26 bits per heavy atom. The summed E-state index contributed by atoms with van der Waals surface area (Å²) in [7, 11) is 0. The zero-order valence-electron chi connectivity index (χ0n) is 12.4. The van der Waals surface area contributed by atoms with Gasteiger partial charge < -0.3 is 0 Å². The monoisotopic (exact) mass is 318 g/mol. The van der Waals surface area contributed by atoms with E-state index < -0.39 is 0 Å². The second-order valence-electron chi connectivity index (χ2n) is 5.81. The molecule has 1 aliphatic carbocycles. The molecule has 0 radical (unpaired) electrons. The molecule has 112 valence electrons. The molecule has 0 unspecified atom stereocenters. The molecule has 0 aliphatic heterocycles. The highest BCUT2D eigenvalue weighted by Crippen LogP contribution is 2.40. The number of aromatic nitrogens is 4. The predicted molar refractivity (Wildman–Crippen MR) is 91.5 cm³/mol. The van der Waals surface area contributed by atoms with E-state index in [4.69, 9.17) is 0 Å². The van der Waals surface area contributed by atoms with E-state index in [2.05, 4.69) is 50.3 Å². The van der Waals surface area contributed by atoms with Crippen LogP contribution in [0.1, 0.15) is 16.7 Å². The molecule has 4 nitrogen and oxygen atoms in total. The second kappa shape index (κ2) is 4.93. The lowest BCUT2D eigenvalue weighted by molar-refractivity contribution is 0.687. The summed E-state index contributed by atoms with van der Waals surface area (Å²) in [6, 6.07) is 10.8. The number of hydrogen-bond donors (Lipinski definition) is 1. The van der Waals surface area contributed by atoms with Crippen LogP contribution in [0, 0.1) is 0 Å². The first-order chi connectivity index (χ1) is 11.4. The van der Waals surface area contributed by atoms with Gasteiger partial charge in [-0.05, 0) is 34.7 Å². The Kier molecular flexibility index (Phi) is 2.75. The average Bonchev–Trinajstić information content (AvgIpc) is 3.32. The largest absolute Gasteiger partial charge is 0.277 e. The van der Waals surface area contributed by atoms with Crippen LogP contribution in [0.4, 0.5) is 0 Å². The Morgan fingerprint density at radius 2 is 2.26 bits per heavy atom. The number of thiophene rings is 1. The molecule has 0 bridgehead atoms. The second-order valence-corrected chi connectivity index (χ2v) is 6.59. The van der Waals surface area contributed by atoms with Gasteiger partial charge in [0, 0.05) is 40.9 Å². The van der Waals surface area contributed by atoms with E-state index >= 15 is 0 Å². The van der Waals surface area contributed by atoms with Crippen LogP contribution in [-0.2, 0) is 13.0 Å². The highest BCUT2D eigenvalue weighted by molar-refractivity contribution is 7.08. The quantitative estimate of drug-likeness (QED) is 0.547. The van der Waals surface area contributed by atoms with Gasteiger partial charge in [-0.3, -0.25) is 9.78 Å². The first-order valence-electron chi connectivity index (χ1n) is 7.58. The fourth-order valence-corrected chi connectivity index (χ4v) is 3.92. The molecule has 3 aromatic heterocycles. The van der Waals surface area contributed by atoms with E-state index in [1.807, 2.05) is 23.1 Å². The van der Waals surface area contributed by atoms with E-state index in [1.54, 1.807) is 11.3 Å². The molecule has 5 heteroatoms. The third-order valence-electron chi connectivity index (χ3n) is 4.38. The lowest BCUT2D eigenvalue weighted by Gasteiger charge is -2.05. The van der Waals surface area contributed by atoms with Crippen molar-refractivity contribution < 1.29 is 0 Å². The van der Waals surface area contributed by atoms with Crippen LogP contribution in [0.15, 0.2) is 53.5 Å². The molecule has 1 aromatic carbocycles. The van der Waals surface area contributed by atoms with Gasteiger partial charge in [0.15, 0.2) is 0 Å². The van der Waals surface area contributed by atoms with Gasteiger partial charge in [0.1, 0.15) is 0 Å². The summed E-state index contributed by atoms with van der Waals surface area (Å²) in [5.41, 5.74) is 8.68. The highest BCUT2D eigenvalue weighted by atomic mass is 32.1. The van der Waals surface area contributed by atoms with Gasteiger partial charge >= 0.3 is 0 Å². The van der Waals surface area contributed by atoms with Crippen molar-refractivity contribution in [3.63, 3.8) is 0 Å². The van der Waals surface area contributed by atoms with Gasteiger partial charge in [0.2, 0.25) is 0 Å². The molecule has 0 atom stereocenters. The Bertz CT molecular complexity index is 965. The van der Waals surface area contributed by atoms with Crippen molar-refractivity contribution in [2.45, 2.75) is 13.0 Å². The van der Waals surface area contributed by atoms with E-state index in [0.717, 1.165) is 18.7 Å². The van der Waals surface area contributed by atoms with E-state index in [9.17, 15) is 0 Å². The standard InChI is InChI=1S/C18H14N4S/c1-5-19-22(6-1)10-12-2-3-13-9-16-17(14-4-7-23-11-14)20-21-18(16)15(13)8-12/h1-8,11H,9-10H2,(H,20,21). The Hall–Kier alpha value is -2.66. The van der Waals surface area contributed by atoms with Crippen molar-refractivity contribution in [3.05, 3.63) is 70.2 Å². The maximum Gasteiger partial charge on any atom is 0.0970 e. The number of H-pyrrole nitrogens is 1. The van der Waals surface area contributed by atoms with E-state index in [0.29, 0.717) is 0 Å². The van der Waals surface area contributed by atoms with Crippen molar-refractivity contribution in [1.82, 2.24) is 20.0 Å².